The van der Waals surface area contributed by atoms with Crippen LogP contribution >= 0.6 is 0 Å². The number of hydrogen-bond acceptors (Lipinski definition) is 1. The molecule has 9 heavy (non-hydrogen) atoms. The van der Waals surface area contributed by atoms with Crippen molar-refractivity contribution in [1.82, 2.24) is 0 Å². The summed E-state index contributed by atoms with van der Waals surface area (Å²) in [6.45, 7) is 2.49. The van der Waals surface area contributed by atoms with Gasteiger partial charge >= 0.3 is 0 Å². The monoisotopic (exact) mass is 121 g/mol. The second kappa shape index (κ2) is 7.08. The highest BCUT2D eigenvalue weighted by atomic mass is 14.5. The summed E-state index contributed by atoms with van der Waals surface area (Å²) < 4.78 is 0. The standard InChI is InChI=1S/C8H11N/c1-2-3-4-5-6-7-8-9/h2-3,8-9H2,1H3. The number of unbranched alkanes of at least 4 members (excludes halogenated alkanes) is 1. The van der Waals surface area contributed by atoms with Crippen LogP contribution in [0.15, 0.2) is 0 Å². The molecule has 0 saturated carbocycles. The molecule has 0 spiro atoms. The lowest BCUT2D eigenvalue weighted by molar-refractivity contribution is 0.983. The third-order valence-electron chi connectivity index (χ3n) is 0.716. The molecule has 0 aromatic carbocycles. The second-order valence-electron chi connectivity index (χ2n) is 1.56. The van der Waals surface area contributed by atoms with Gasteiger partial charge in [0.2, 0.25) is 0 Å². The van der Waals surface area contributed by atoms with E-state index in [0.29, 0.717) is 6.54 Å². The fourth-order valence-corrected chi connectivity index (χ4v) is 0.327. The first-order valence-corrected chi connectivity index (χ1v) is 3.07. The van der Waals surface area contributed by atoms with Crippen molar-refractivity contribution in [3.8, 4) is 23.7 Å². The predicted octanol–water partition coefficient (Wildman–Crippen LogP) is 0.752. The molecule has 48 valence electrons. The van der Waals surface area contributed by atoms with Crippen molar-refractivity contribution >= 4 is 0 Å². The van der Waals surface area contributed by atoms with Crippen LogP contribution in [0.4, 0.5) is 0 Å². The first kappa shape index (κ1) is 8.08. The molecule has 0 bridgehead atoms. The Morgan fingerprint density at radius 1 is 1.22 bits per heavy atom. The van der Waals surface area contributed by atoms with E-state index in [-0.39, 0.29) is 0 Å². The first-order valence-electron chi connectivity index (χ1n) is 3.07. The Balaban J connectivity index is 3.36. The molecule has 2 N–H and O–H groups in total. The highest BCUT2D eigenvalue weighted by Gasteiger charge is 1.65. The molecule has 0 aliphatic rings. The molecule has 0 amide bonds. The van der Waals surface area contributed by atoms with E-state index in [1.165, 1.54) is 0 Å². The highest BCUT2D eigenvalue weighted by Crippen LogP contribution is 1.79. The van der Waals surface area contributed by atoms with Crippen LogP contribution in [0.5, 0.6) is 0 Å². The topological polar surface area (TPSA) is 26.0 Å². The van der Waals surface area contributed by atoms with Gasteiger partial charge < -0.3 is 5.73 Å². The summed E-state index contributed by atoms with van der Waals surface area (Å²) in [7, 11) is 0. The zero-order chi connectivity index (χ0) is 6.95. The molecule has 0 aromatic rings. The van der Waals surface area contributed by atoms with Crippen LogP contribution in [0, 0.1) is 23.7 Å². The number of hydrogen-bond donors (Lipinski definition) is 1. The van der Waals surface area contributed by atoms with Crippen molar-refractivity contribution in [3.05, 3.63) is 0 Å². The summed E-state index contributed by atoms with van der Waals surface area (Å²) >= 11 is 0. The lowest BCUT2D eigenvalue weighted by Gasteiger charge is -1.72. The fraction of sp³-hybridized carbons (Fsp3) is 0.500. The van der Waals surface area contributed by atoms with E-state index >= 15 is 0 Å². The third kappa shape index (κ3) is 7.08. The average Bonchev–Trinajstić information content (AvgIpc) is 1.89. The summed E-state index contributed by atoms with van der Waals surface area (Å²) in [5, 5.41) is 0. The molecular formula is C8H11N. The van der Waals surface area contributed by atoms with E-state index in [0.717, 1.165) is 12.8 Å². The van der Waals surface area contributed by atoms with Crippen molar-refractivity contribution < 1.29 is 0 Å². The van der Waals surface area contributed by atoms with Gasteiger partial charge in [0.15, 0.2) is 0 Å². The SMILES string of the molecule is CCCC#CC#CCN. The Hall–Kier alpha value is -0.920. The molecule has 0 aromatic heterocycles. The summed E-state index contributed by atoms with van der Waals surface area (Å²) in [5.74, 6) is 10.9. The van der Waals surface area contributed by atoms with Crippen LogP contribution in [-0.4, -0.2) is 6.54 Å². The van der Waals surface area contributed by atoms with Crippen LogP contribution in [0.3, 0.4) is 0 Å². The minimum atomic E-state index is 0.404. The van der Waals surface area contributed by atoms with Gasteiger partial charge in [-0.25, -0.2) is 0 Å². The van der Waals surface area contributed by atoms with Crippen LogP contribution in [0.25, 0.3) is 0 Å². The molecule has 0 fully saturated rings. The van der Waals surface area contributed by atoms with Gasteiger partial charge in [0, 0.05) is 6.42 Å². The zero-order valence-corrected chi connectivity index (χ0v) is 5.70. The molecule has 1 heteroatoms. The van der Waals surface area contributed by atoms with Crippen LogP contribution in [0.1, 0.15) is 19.8 Å². The molecule has 0 aliphatic carbocycles. The van der Waals surface area contributed by atoms with Crippen molar-refractivity contribution in [1.29, 1.82) is 0 Å². The van der Waals surface area contributed by atoms with E-state index in [1.807, 2.05) is 0 Å². The molecular weight excluding hydrogens is 110 g/mol. The predicted molar refractivity (Wildman–Crippen MR) is 39.5 cm³/mol. The van der Waals surface area contributed by atoms with Gasteiger partial charge in [-0.1, -0.05) is 18.8 Å². The number of rotatable bonds is 1. The van der Waals surface area contributed by atoms with Crippen molar-refractivity contribution in [2.45, 2.75) is 19.8 Å². The Morgan fingerprint density at radius 2 is 1.89 bits per heavy atom. The van der Waals surface area contributed by atoms with Crippen molar-refractivity contribution in [3.63, 3.8) is 0 Å². The van der Waals surface area contributed by atoms with E-state index in [1.54, 1.807) is 0 Å². The third-order valence-corrected chi connectivity index (χ3v) is 0.716. The van der Waals surface area contributed by atoms with Crippen LogP contribution < -0.4 is 5.73 Å². The second-order valence-corrected chi connectivity index (χ2v) is 1.56. The molecule has 0 unspecified atom stereocenters. The van der Waals surface area contributed by atoms with Gasteiger partial charge in [0.25, 0.3) is 0 Å². The number of nitrogens with two attached hydrogens (primary N) is 1. The molecule has 0 aliphatic heterocycles. The fourth-order valence-electron chi connectivity index (χ4n) is 0.327. The van der Waals surface area contributed by atoms with Gasteiger partial charge in [-0.2, -0.15) is 0 Å². The largest absolute Gasteiger partial charge is 0.320 e. The molecule has 0 rings (SSSR count). The lowest BCUT2D eigenvalue weighted by Crippen LogP contribution is -1.92. The maximum absolute atomic E-state index is 5.10. The zero-order valence-electron chi connectivity index (χ0n) is 5.70. The normalized spacial score (nSPS) is 6.44. The van der Waals surface area contributed by atoms with E-state index in [2.05, 4.69) is 30.6 Å². The first-order chi connectivity index (χ1) is 4.41. The Morgan fingerprint density at radius 3 is 2.44 bits per heavy atom. The van der Waals surface area contributed by atoms with Crippen molar-refractivity contribution in [2.75, 3.05) is 6.54 Å². The van der Waals surface area contributed by atoms with Gasteiger partial charge in [-0.05, 0) is 18.3 Å². The molecule has 0 heterocycles. The Bertz CT molecular complexity index is 160. The van der Waals surface area contributed by atoms with Gasteiger partial charge in [-0.3, -0.25) is 0 Å². The van der Waals surface area contributed by atoms with Crippen molar-refractivity contribution in [2.24, 2.45) is 5.73 Å². The maximum atomic E-state index is 5.10. The summed E-state index contributed by atoms with van der Waals surface area (Å²) in [6, 6.07) is 0. The minimum Gasteiger partial charge on any atom is -0.320 e. The van der Waals surface area contributed by atoms with Crippen LogP contribution in [-0.2, 0) is 0 Å². The van der Waals surface area contributed by atoms with Crippen LogP contribution in [0.2, 0.25) is 0 Å². The molecule has 1 nitrogen and oxygen atoms in total. The van der Waals surface area contributed by atoms with E-state index < -0.39 is 0 Å². The Labute approximate surface area is 56.6 Å². The summed E-state index contributed by atoms with van der Waals surface area (Å²) in [6.07, 6.45) is 2.02. The van der Waals surface area contributed by atoms with Gasteiger partial charge in [0.05, 0.1) is 6.54 Å². The summed E-state index contributed by atoms with van der Waals surface area (Å²) in [4.78, 5) is 0. The quantitative estimate of drug-likeness (QED) is 0.509. The average molecular weight is 121 g/mol. The molecule has 0 atom stereocenters. The maximum Gasteiger partial charge on any atom is 0.0561 e. The lowest BCUT2D eigenvalue weighted by atomic mass is 10.3. The van der Waals surface area contributed by atoms with E-state index in [4.69, 9.17) is 5.73 Å². The molecule has 0 radical (unpaired) electrons. The van der Waals surface area contributed by atoms with Gasteiger partial charge in [0.1, 0.15) is 0 Å². The summed E-state index contributed by atoms with van der Waals surface area (Å²) in [5.41, 5.74) is 5.10. The highest BCUT2D eigenvalue weighted by molar-refractivity contribution is 5.25. The molecule has 0 saturated heterocycles. The van der Waals surface area contributed by atoms with Gasteiger partial charge in [-0.15, -0.1) is 0 Å². The minimum absolute atomic E-state index is 0.404. The Kier molecular flexibility index (Phi) is 6.36. The van der Waals surface area contributed by atoms with E-state index in [9.17, 15) is 0 Å². The smallest absolute Gasteiger partial charge is 0.0561 e.